The summed E-state index contributed by atoms with van der Waals surface area (Å²) in [6, 6.07) is 10.7. The van der Waals surface area contributed by atoms with Crippen LogP contribution in [0.5, 0.6) is 0 Å². The van der Waals surface area contributed by atoms with Crippen molar-refractivity contribution in [2.24, 2.45) is 13.0 Å². The van der Waals surface area contributed by atoms with Crippen LogP contribution in [0.25, 0.3) is 10.9 Å². The molecule has 3 nitrogen and oxygen atoms in total. The zero-order valence-electron chi connectivity index (χ0n) is 14.4. The van der Waals surface area contributed by atoms with Gasteiger partial charge in [0, 0.05) is 43.0 Å². The number of carbonyl (C=O) groups excluding carboxylic acids is 1. The number of benzene rings is 1. The summed E-state index contributed by atoms with van der Waals surface area (Å²) in [6.07, 6.45) is 11.4. The first kappa shape index (κ1) is 17.2. The molecule has 0 bridgehead atoms. The number of nitrogens with zero attached hydrogens (tertiary/aromatic N) is 2. The number of aldehydes is 1. The molecule has 1 atom stereocenters. The first-order valence-corrected chi connectivity index (χ1v) is 10.2. The molecule has 1 aromatic heterocycles. The maximum Gasteiger partial charge on any atom is 0.148 e. The summed E-state index contributed by atoms with van der Waals surface area (Å²) in [5, 5.41) is 1.23. The van der Waals surface area contributed by atoms with E-state index in [1.165, 1.54) is 16.6 Å². The maximum atomic E-state index is 11.7. The van der Waals surface area contributed by atoms with Gasteiger partial charge in [0.2, 0.25) is 0 Å². The SMILES string of the molecule is CSC(SC)(c1cc2ccccc2n1C)C1C=CN(C)C=C1C=O. The van der Waals surface area contributed by atoms with Crippen LogP contribution in [0.3, 0.4) is 0 Å². The summed E-state index contributed by atoms with van der Waals surface area (Å²) in [5.41, 5.74) is 3.26. The summed E-state index contributed by atoms with van der Waals surface area (Å²) < 4.78 is 2.01. The third kappa shape index (κ3) is 2.60. The summed E-state index contributed by atoms with van der Waals surface area (Å²) in [5.74, 6) is 0.0270. The molecule has 0 saturated heterocycles. The number of fused-ring (bicyclic) bond motifs is 1. The van der Waals surface area contributed by atoms with E-state index in [0.29, 0.717) is 0 Å². The minimum absolute atomic E-state index is 0.0270. The van der Waals surface area contributed by atoms with Gasteiger partial charge in [-0.2, -0.15) is 0 Å². The van der Waals surface area contributed by atoms with Crippen molar-refractivity contribution in [3.05, 3.63) is 60.1 Å². The lowest BCUT2D eigenvalue weighted by atomic mass is 9.92. The van der Waals surface area contributed by atoms with Crippen LogP contribution in [0.1, 0.15) is 5.69 Å². The fraction of sp³-hybridized carbons (Fsp3) is 0.316. The fourth-order valence-electron chi connectivity index (χ4n) is 3.47. The van der Waals surface area contributed by atoms with Gasteiger partial charge in [0.1, 0.15) is 10.4 Å². The van der Waals surface area contributed by atoms with Gasteiger partial charge in [-0.1, -0.05) is 24.3 Å². The summed E-state index contributed by atoms with van der Waals surface area (Å²) in [4.78, 5) is 13.7. The van der Waals surface area contributed by atoms with Gasteiger partial charge in [-0.3, -0.25) is 4.79 Å². The molecule has 24 heavy (non-hydrogen) atoms. The number of hydrogen-bond donors (Lipinski definition) is 0. The van der Waals surface area contributed by atoms with E-state index >= 15 is 0 Å². The third-order valence-corrected chi connectivity index (χ3v) is 7.83. The van der Waals surface area contributed by atoms with Crippen molar-refractivity contribution < 1.29 is 4.79 Å². The van der Waals surface area contributed by atoms with E-state index < -0.39 is 0 Å². The smallest absolute Gasteiger partial charge is 0.148 e. The number of allylic oxidation sites excluding steroid dienone is 2. The van der Waals surface area contributed by atoms with Crippen LogP contribution in [0.4, 0.5) is 0 Å². The molecule has 1 aliphatic heterocycles. The van der Waals surface area contributed by atoms with E-state index in [2.05, 4.69) is 60.5 Å². The van der Waals surface area contributed by atoms with Gasteiger partial charge in [0.05, 0.1) is 0 Å². The zero-order chi connectivity index (χ0) is 17.3. The summed E-state index contributed by atoms with van der Waals surface area (Å²) >= 11 is 3.60. The van der Waals surface area contributed by atoms with Crippen LogP contribution in [-0.2, 0) is 15.9 Å². The zero-order valence-corrected chi connectivity index (χ0v) is 16.0. The van der Waals surface area contributed by atoms with E-state index in [4.69, 9.17) is 0 Å². The standard InChI is InChI=1S/C19H22N2OS2/c1-20-10-9-16(15(12-20)13-22)19(23-3,24-4)18-11-14-7-5-6-8-17(14)21(18)2/h5-13,16H,1-4H3. The van der Waals surface area contributed by atoms with Crippen molar-refractivity contribution in [2.45, 2.75) is 4.08 Å². The molecule has 2 heterocycles. The second kappa shape index (κ2) is 6.73. The second-order valence-corrected chi connectivity index (χ2v) is 8.32. The molecule has 126 valence electrons. The molecular formula is C19H22N2OS2. The Labute approximate surface area is 151 Å². The highest BCUT2D eigenvalue weighted by Gasteiger charge is 2.43. The second-order valence-electron chi connectivity index (χ2n) is 5.95. The molecule has 1 aromatic carbocycles. The largest absolute Gasteiger partial charge is 0.357 e. The van der Waals surface area contributed by atoms with Gasteiger partial charge in [0.15, 0.2) is 0 Å². The number of thioether (sulfide) groups is 2. The number of hydrogen-bond acceptors (Lipinski definition) is 4. The van der Waals surface area contributed by atoms with E-state index in [0.717, 1.165) is 11.9 Å². The third-order valence-electron chi connectivity index (χ3n) is 4.69. The van der Waals surface area contributed by atoms with Gasteiger partial charge in [-0.15, -0.1) is 23.5 Å². The molecule has 0 saturated carbocycles. The van der Waals surface area contributed by atoms with Crippen molar-refractivity contribution in [1.29, 1.82) is 0 Å². The minimum atomic E-state index is -0.252. The Morgan fingerprint density at radius 3 is 2.50 bits per heavy atom. The molecule has 5 heteroatoms. The predicted molar refractivity (Wildman–Crippen MR) is 106 cm³/mol. The van der Waals surface area contributed by atoms with Crippen LogP contribution < -0.4 is 0 Å². The number of carbonyl (C=O) groups is 1. The number of para-hydroxylation sites is 1. The Morgan fingerprint density at radius 1 is 1.17 bits per heavy atom. The Morgan fingerprint density at radius 2 is 1.88 bits per heavy atom. The number of aromatic nitrogens is 1. The van der Waals surface area contributed by atoms with Crippen LogP contribution in [0.15, 0.2) is 54.4 Å². The fourth-order valence-corrected chi connectivity index (χ4v) is 5.88. The first-order chi connectivity index (χ1) is 11.6. The summed E-state index contributed by atoms with van der Waals surface area (Å²) in [7, 11) is 4.06. The van der Waals surface area contributed by atoms with Gasteiger partial charge in [0.25, 0.3) is 0 Å². The Bertz CT molecular complexity index is 818. The molecule has 2 aromatic rings. The van der Waals surface area contributed by atoms with Crippen molar-refractivity contribution >= 4 is 40.7 Å². The lowest BCUT2D eigenvalue weighted by Crippen LogP contribution is -2.33. The Hall–Kier alpha value is -1.59. The topological polar surface area (TPSA) is 25.2 Å². The van der Waals surface area contributed by atoms with Gasteiger partial charge in [-0.25, -0.2) is 0 Å². The maximum absolute atomic E-state index is 11.7. The van der Waals surface area contributed by atoms with E-state index in [1.54, 1.807) is 23.5 Å². The molecule has 0 N–H and O–H groups in total. The van der Waals surface area contributed by atoms with Crippen molar-refractivity contribution in [2.75, 3.05) is 19.6 Å². The molecule has 1 unspecified atom stereocenters. The van der Waals surface area contributed by atoms with E-state index in [1.807, 2.05) is 24.3 Å². The lowest BCUT2D eigenvalue weighted by molar-refractivity contribution is -0.105. The molecule has 0 amide bonds. The van der Waals surface area contributed by atoms with E-state index in [9.17, 15) is 4.79 Å². The highest BCUT2D eigenvalue weighted by molar-refractivity contribution is 8.16. The van der Waals surface area contributed by atoms with Crippen LogP contribution in [0.2, 0.25) is 0 Å². The Balaban J connectivity index is 2.21. The van der Waals surface area contributed by atoms with Gasteiger partial charge in [-0.05, 0) is 36.2 Å². The monoisotopic (exact) mass is 358 g/mol. The molecule has 3 rings (SSSR count). The molecule has 0 radical (unpaired) electrons. The van der Waals surface area contributed by atoms with Crippen molar-refractivity contribution in [1.82, 2.24) is 9.47 Å². The van der Waals surface area contributed by atoms with Crippen LogP contribution in [-0.4, -0.2) is 35.3 Å². The van der Waals surface area contributed by atoms with E-state index in [-0.39, 0.29) is 10.00 Å². The molecule has 1 aliphatic rings. The van der Waals surface area contributed by atoms with Crippen LogP contribution >= 0.6 is 23.5 Å². The highest BCUT2D eigenvalue weighted by Crippen LogP contribution is 2.54. The normalized spacial score (nSPS) is 18.1. The van der Waals surface area contributed by atoms with Crippen molar-refractivity contribution in [3.63, 3.8) is 0 Å². The average Bonchev–Trinajstić information content (AvgIpc) is 2.95. The first-order valence-electron chi connectivity index (χ1n) is 7.79. The number of aryl methyl sites for hydroxylation is 1. The minimum Gasteiger partial charge on any atom is -0.357 e. The van der Waals surface area contributed by atoms with Crippen molar-refractivity contribution in [3.8, 4) is 0 Å². The van der Waals surface area contributed by atoms with Crippen LogP contribution in [0, 0.1) is 5.92 Å². The molecule has 0 fully saturated rings. The highest BCUT2D eigenvalue weighted by atomic mass is 32.2. The molecule has 0 spiro atoms. The Kier molecular flexibility index (Phi) is 4.83. The predicted octanol–water partition coefficient (Wildman–Crippen LogP) is 4.22. The van der Waals surface area contributed by atoms with Gasteiger partial charge >= 0.3 is 0 Å². The molecule has 0 aliphatic carbocycles. The molecular weight excluding hydrogens is 336 g/mol. The van der Waals surface area contributed by atoms with Gasteiger partial charge < -0.3 is 9.47 Å². The average molecular weight is 359 g/mol. The summed E-state index contributed by atoms with van der Waals surface area (Å²) in [6.45, 7) is 0. The quantitative estimate of drug-likeness (QED) is 0.590. The number of rotatable bonds is 5. The lowest BCUT2D eigenvalue weighted by Gasteiger charge is -2.39.